The van der Waals surface area contributed by atoms with Crippen LogP contribution in [-0.2, 0) is 0 Å². The molecule has 2 aromatic carbocycles. The molecule has 0 N–H and O–H groups in total. The fourth-order valence-corrected chi connectivity index (χ4v) is 3.60. The zero-order valence-electron chi connectivity index (χ0n) is 12.3. The van der Waals surface area contributed by atoms with E-state index in [9.17, 15) is 0 Å². The largest absolute Gasteiger partial charge is 0.148 e. The smallest absolute Gasteiger partial charge is 0.0115 e. The van der Waals surface area contributed by atoms with Crippen molar-refractivity contribution in [1.29, 1.82) is 0 Å². The number of rotatable bonds is 5. The van der Waals surface area contributed by atoms with Gasteiger partial charge in [-0.05, 0) is 34.2 Å². The summed E-state index contributed by atoms with van der Waals surface area (Å²) in [6, 6.07) is 19.5. The second-order valence-electron chi connectivity index (χ2n) is 5.34. The van der Waals surface area contributed by atoms with Gasteiger partial charge in [0.05, 0.1) is 0 Å². The molecule has 0 bridgehead atoms. The highest BCUT2D eigenvalue weighted by atomic mass is 32.1. The van der Waals surface area contributed by atoms with Crippen LogP contribution in [0.3, 0.4) is 0 Å². The molecule has 1 atom stereocenters. The van der Waals surface area contributed by atoms with Gasteiger partial charge in [-0.25, -0.2) is 0 Å². The van der Waals surface area contributed by atoms with E-state index >= 15 is 0 Å². The number of benzene rings is 2. The lowest BCUT2D eigenvalue weighted by Gasteiger charge is -2.09. The van der Waals surface area contributed by atoms with E-state index in [0.29, 0.717) is 5.92 Å². The predicted molar refractivity (Wildman–Crippen MR) is 95.0 cm³/mol. The Labute approximate surface area is 130 Å². The molecule has 0 radical (unpaired) electrons. The molecule has 0 aliphatic heterocycles. The molecule has 0 saturated heterocycles. The van der Waals surface area contributed by atoms with Crippen LogP contribution in [0.1, 0.15) is 36.1 Å². The Bertz CT molecular complexity index is 717. The molecular weight excluding hydrogens is 272 g/mol. The summed E-state index contributed by atoms with van der Waals surface area (Å²) >= 11 is 1.86. The first kappa shape index (κ1) is 14.1. The molecular formula is C20H20S. The van der Waals surface area contributed by atoms with Gasteiger partial charge in [0.25, 0.3) is 0 Å². The molecule has 0 amide bonds. The van der Waals surface area contributed by atoms with E-state index in [1.807, 2.05) is 11.3 Å². The van der Waals surface area contributed by atoms with E-state index in [1.54, 1.807) is 0 Å². The third-order valence-corrected chi connectivity index (χ3v) is 4.84. The topological polar surface area (TPSA) is 0 Å². The highest BCUT2D eigenvalue weighted by Gasteiger charge is 2.08. The lowest BCUT2D eigenvalue weighted by Crippen LogP contribution is -1.91. The second kappa shape index (κ2) is 6.73. The first-order chi connectivity index (χ1) is 10.4. The minimum atomic E-state index is 0.536. The maximum Gasteiger partial charge on any atom is 0.0115 e. The summed E-state index contributed by atoms with van der Waals surface area (Å²) in [6.07, 6.45) is 7.09. The Morgan fingerprint density at radius 2 is 1.86 bits per heavy atom. The van der Waals surface area contributed by atoms with Gasteiger partial charge in [0.2, 0.25) is 0 Å². The molecule has 0 nitrogen and oxygen atoms in total. The molecule has 1 aromatic heterocycles. The van der Waals surface area contributed by atoms with Crippen molar-refractivity contribution in [2.24, 2.45) is 0 Å². The molecule has 0 saturated carbocycles. The van der Waals surface area contributed by atoms with Crippen molar-refractivity contribution in [2.45, 2.75) is 25.7 Å². The summed E-state index contributed by atoms with van der Waals surface area (Å²) in [5, 5.41) is 4.81. The lowest BCUT2D eigenvalue weighted by molar-refractivity contribution is 0.729. The van der Waals surface area contributed by atoms with Crippen LogP contribution in [0.4, 0.5) is 0 Å². The minimum absolute atomic E-state index is 0.536. The van der Waals surface area contributed by atoms with Crippen molar-refractivity contribution in [3.8, 4) is 0 Å². The zero-order valence-corrected chi connectivity index (χ0v) is 13.1. The van der Waals surface area contributed by atoms with Crippen LogP contribution in [0.15, 0.2) is 66.1 Å². The third kappa shape index (κ3) is 3.25. The van der Waals surface area contributed by atoms with Gasteiger partial charge in [0, 0.05) is 10.8 Å². The van der Waals surface area contributed by atoms with Gasteiger partial charge in [-0.3, -0.25) is 0 Å². The number of thiophene rings is 1. The molecule has 0 spiro atoms. The number of fused-ring (bicyclic) bond motifs is 1. The summed E-state index contributed by atoms with van der Waals surface area (Å²) in [5.41, 5.74) is 1.31. The molecule has 106 valence electrons. The zero-order chi connectivity index (χ0) is 14.5. The molecule has 0 fully saturated rings. The molecule has 3 rings (SSSR count). The van der Waals surface area contributed by atoms with Gasteiger partial charge in [-0.15, -0.1) is 11.3 Å². The summed E-state index contributed by atoms with van der Waals surface area (Å²) in [5.74, 6) is 0.536. The van der Waals surface area contributed by atoms with Crippen LogP contribution in [0, 0.1) is 0 Å². The lowest BCUT2D eigenvalue weighted by atomic mass is 9.98. The van der Waals surface area contributed by atoms with Crippen molar-refractivity contribution < 1.29 is 0 Å². The molecule has 3 aromatic rings. The van der Waals surface area contributed by atoms with Gasteiger partial charge >= 0.3 is 0 Å². The van der Waals surface area contributed by atoms with Gasteiger partial charge in [-0.1, -0.05) is 74.0 Å². The van der Waals surface area contributed by atoms with Crippen LogP contribution in [0.5, 0.6) is 0 Å². The van der Waals surface area contributed by atoms with Crippen molar-refractivity contribution in [2.75, 3.05) is 0 Å². The average Bonchev–Trinajstić information content (AvgIpc) is 3.05. The van der Waals surface area contributed by atoms with E-state index in [2.05, 4.69) is 79.1 Å². The van der Waals surface area contributed by atoms with Gasteiger partial charge in [0.15, 0.2) is 0 Å². The molecule has 1 unspecified atom stereocenters. The van der Waals surface area contributed by atoms with Gasteiger partial charge in [0.1, 0.15) is 0 Å². The van der Waals surface area contributed by atoms with Gasteiger partial charge in [-0.2, -0.15) is 0 Å². The van der Waals surface area contributed by atoms with Crippen molar-refractivity contribution in [3.63, 3.8) is 0 Å². The highest BCUT2D eigenvalue weighted by Crippen LogP contribution is 2.28. The van der Waals surface area contributed by atoms with Crippen molar-refractivity contribution >= 4 is 28.2 Å². The maximum absolute atomic E-state index is 2.37. The predicted octanol–water partition coefficient (Wildman–Crippen LogP) is 6.50. The Morgan fingerprint density at radius 3 is 2.67 bits per heavy atom. The quantitative estimate of drug-likeness (QED) is 0.503. The van der Waals surface area contributed by atoms with Crippen LogP contribution in [0.2, 0.25) is 0 Å². The highest BCUT2D eigenvalue weighted by molar-refractivity contribution is 7.10. The Kier molecular flexibility index (Phi) is 4.52. The molecule has 0 aliphatic rings. The average molecular weight is 292 g/mol. The number of hydrogen-bond acceptors (Lipinski definition) is 1. The fourth-order valence-electron chi connectivity index (χ4n) is 2.76. The van der Waals surface area contributed by atoms with E-state index in [1.165, 1.54) is 34.1 Å². The van der Waals surface area contributed by atoms with Crippen LogP contribution < -0.4 is 0 Å². The SMILES string of the molecule is CCCC(/C=C\c1cccc2ccccc12)c1cccs1. The van der Waals surface area contributed by atoms with E-state index in [0.717, 1.165) is 0 Å². The fraction of sp³-hybridized carbons (Fsp3) is 0.200. The summed E-state index contributed by atoms with van der Waals surface area (Å²) in [6.45, 7) is 2.26. The summed E-state index contributed by atoms with van der Waals surface area (Å²) in [7, 11) is 0. The number of allylic oxidation sites excluding steroid dienone is 1. The molecule has 0 aliphatic carbocycles. The summed E-state index contributed by atoms with van der Waals surface area (Å²) in [4.78, 5) is 1.47. The van der Waals surface area contributed by atoms with Crippen LogP contribution >= 0.6 is 11.3 Å². The van der Waals surface area contributed by atoms with Crippen molar-refractivity contribution in [1.82, 2.24) is 0 Å². The Hall–Kier alpha value is -1.86. The third-order valence-electron chi connectivity index (χ3n) is 3.84. The molecule has 1 heterocycles. The van der Waals surface area contributed by atoms with E-state index < -0.39 is 0 Å². The molecule has 1 heteroatoms. The van der Waals surface area contributed by atoms with Gasteiger partial charge < -0.3 is 0 Å². The van der Waals surface area contributed by atoms with Crippen molar-refractivity contribution in [3.05, 3.63) is 76.5 Å². The van der Waals surface area contributed by atoms with E-state index in [-0.39, 0.29) is 0 Å². The first-order valence-corrected chi connectivity index (χ1v) is 8.46. The monoisotopic (exact) mass is 292 g/mol. The Balaban J connectivity index is 1.92. The Morgan fingerprint density at radius 1 is 1.00 bits per heavy atom. The van der Waals surface area contributed by atoms with Crippen LogP contribution in [0.25, 0.3) is 16.8 Å². The van der Waals surface area contributed by atoms with Crippen LogP contribution in [-0.4, -0.2) is 0 Å². The normalized spacial score (nSPS) is 13.0. The minimum Gasteiger partial charge on any atom is -0.148 e. The summed E-state index contributed by atoms with van der Waals surface area (Å²) < 4.78 is 0. The molecule has 21 heavy (non-hydrogen) atoms. The first-order valence-electron chi connectivity index (χ1n) is 7.58. The standard InChI is InChI=1S/C20H20S/c1-2-7-18(20-12-6-15-21-20)14-13-17-10-5-9-16-8-3-4-11-19(16)17/h3-6,8-15,18H,2,7H2,1H3/b14-13-. The second-order valence-corrected chi connectivity index (χ2v) is 6.32. The maximum atomic E-state index is 2.37. The van der Waals surface area contributed by atoms with E-state index in [4.69, 9.17) is 0 Å². The number of hydrogen-bond donors (Lipinski definition) is 0.